The van der Waals surface area contributed by atoms with Gasteiger partial charge in [-0.15, -0.1) is 10.2 Å². The maximum absolute atomic E-state index is 5.79. The third kappa shape index (κ3) is 2.91. The van der Waals surface area contributed by atoms with Crippen LogP contribution in [0.15, 0.2) is 0 Å². The van der Waals surface area contributed by atoms with Crippen LogP contribution in [0.25, 0.3) is 10.7 Å². The largest absolute Gasteiger partial charge is 0.339 e. The van der Waals surface area contributed by atoms with Gasteiger partial charge in [-0.05, 0) is 42.8 Å². The number of aromatic amines is 1. The first-order valence-corrected chi connectivity index (χ1v) is 8.16. The minimum absolute atomic E-state index is 0.323. The van der Waals surface area contributed by atoms with Crippen molar-refractivity contribution in [3.05, 3.63) is 5.69 Å². The Morgan fingerprint density at radius 1 is 1.48 bits per heavy atom. The molecule has 0 saturated carbocycles. The summed E-state index contributed by atoms with van der Waals surface area (Å²) in [5.41, 5.74) is 6.76. The van der Waals surface area contributed by atoms with Crippen LogP contribution in [0.4, 0.5) is 5.95 Å². The van der Waals surface area contributed by atoms with Gasteiger partial charge in [-0.2, -0.15) is 4.98 Å². The molecule has 114 valence electrons. The van der Waals surface area contributed by atoms with Crippen LogP contribution in [0.1, 0.15) is 38.3 Å². The number of H-pyrrole nitrogens is 1. The average Bonchev–Trinajstić information content (AvgIpc) is 3.15. The predicted octanol–water partition coefficient (Wildman–Crippen LogP) is 1.62. The van der Waals surface area contributed by atoms with E-state index in [0.717, 1.165) is 48.4 Å². The molecule has 3 heterocycles. The molecule has 0 aliphatic carbocycles. The molecule has 1 saturated heterocycles. The second-order valence-corrected chi connectivity index (χ2v) is 6.57. The van der Waals surface area contributed by atoms with Crippen LogP contribution in [0.2, 0.25) is 0 Å². The first-order valence-electron chi connectivity index (χ1n) is 7.39. The van der Waals surface area contributed by atoms with E-state index in [4.69, 9.17) is 5.73 Å². The molecule has 7 nitrogen and oxygen atoms in total. The number of hydrogen-bond acceptors (Lipinski definition) is 7. The van der Waals surface area contributed by atoms with Crippen LogP contribution < -0.4 is 10.6 Å². The molecule has 0 amide bonds. The first kappa shape index (κ1) is 14.4. The van der Waals surface area contributed by atoms with Crippen molar-refractivity contribution in [2.45, 2.75) is 32.6 Å². The van der Waals surface area contributed by atoms with E-state index in [-0.39, 0.29) is 0 Å². The molecule has 0 aromatic carbocycles. The van der Waals surface area contributed by atoms with Gasteiger partial charge in [-0.25, -0.2) is 0 Å². The molecule has 1 aliphatic heterocycles. The zero-order chi connectivity index (χ0) is 14.8. The SMILES string of the molecule is CC(C)c1nnsc1-c1nc(N2CCCC(CN)C2)n[nH]1. The molecule has 0 bridgehead atoms. The zero-order valence-electron chi connectivity index (χ0n) is 12.4. The van der Waals surface area contributed by atoms with Crippen molar-refractivity contribution in [1.82, 2.24) is 24.8 Å². The van der Waals surface area contributed by atoms with Gasteiger partial charge < -0.3 is 10.6 Å². The third-order valence-electron chi connectivity index (χ3n) is 3.88. The second kappa shape index (κ2) is 6.07. The topological polar surface area (TPSA) is 96.6 Å². The summed E-state index contributed by atoms with van der Waals surface area (Å²) >= 11 is 1.36. The number of piperidine rings is 1. The van der Waals surface area contributed by atoms with Gasteiger partial charge in [0.15, 0.2) is 5.82 Å². The molecular formula is C13H21N7S. The third-order valence-corrected chi connectivity index (χ3v) is 4.63. The molecule has 1 atom stereocenters. The number of nitrogens with zero attached hydrogens (tertiary/aromatic N) is 5. The van der Waals surface area contributed by atoms with E-state index in [1.54, 1.807) is 0 Å². The summed E-state index contributed by atoms with van der Waals surface area (Å²) in [5, 5.41) is 11.6. The number of rotatable bonds is 4. The number of nitrogens with two attached hydrogens (primary N) is 1. The highest BCUT2D eigenvalue weighted by molar-refractivity contribution is 7.09. The minimum atomic E-state index is 0.323. The Morgan fingerprint density at radius 3 is 3.10 bits per heavy atom. The van der Waals surface area contributed by atoms with Crippen LogP contribution in [0, 0.1) is 5.92 Å². The van der Waals surface area contributed by atoms with Crippen molar-refractivity contribution in [3.63, 3.8) is 0 Å². The number of hydrogen-bond donors (Lipinski definition) is 2. The fourth-order valence-electron chi connectivity index (χ4n) is 2.67. The van der Waals surface area contributed by atoms with Gasteiger partial charge in [0.1, 0.15) is 4.88 Å². The lowest BCUT2D eigenvalue weighted by molar-refractivity contribution is 0.420. The lowest BCUT2D eigenvalue weighted by Crippen LogP contribution is -2.38. The van der Waals surface area contributed by atoms with Gasteiger partial charge in [-0.3, -0.25) is 5.10 Å². The molecule has 1 unspecified atom stereocenters. The fourth-order valence-corrected chi connectivity index (χ4v) is 3.43. The second-order valence-electron chi connectivity index (χ2n) is 5.82. The maximum atomic E-state index is 5.79. The molecule has 1 aliphatic rings. The van der Waals surface area contributed by atoms with Crippen molar-refractivity contribution >= 4 is 17.5 Å². The molecular weight excluding hydrogens is 286 g/mol. The summed E-state index contributed by atoms with van der Waals surface area (Å²) in [6.45, 7) is 6.86. The average molecular weight is 307 g/mol. The molecule has 0 spiro atoms. The van der Waals surface area contributed by atoms with Crippen LogP contribution in [0.3, 0.4) is 0 Å². The van der Waals surface area contributed by atoms with Crippen molar-refractivity contribution in [3.8, 4) is 10.7 Å². The van der Waals surface area contributed by atoms with E-state index in [2.05, 4.69) is 43.5 Å². The molecule has 2 aromatic rings. The summed E-state index contributed by atoms with van der Waals surface area (Å²) < 4.78 is 4.04. The Balaban J connectivity index is 1.81. The number of aromatic nitrogens is 5. The molecule has 0 radical (unpaired) electrons. The van der Waals surface area contributed by atoms with E-state index in [9.17, 15) is 0 Å². The van der Waals surface area contributed by atoms with E-state index >= 15 is 0 Å². The summed E-state index contributed by atoms with van der Waals surface area (Å²) in [7, 11) is 0. The maximum Gasteiger partial charge on any atom is 0.245 e. The van der Waals surface area contributed by atoms with E-state index in [0.29, 0.717) is 11.8 Å². The molecule has 21 heavy (non-hydrogen) atoms. The Bertz CT molecular complexity index is 591. The Morgan fingerprint density at radius 2 is 2.33 bits per heavy atom. The van der Waals surface area contributed by atoms with Gasteiger partial charge in [0.05, 0.1) is 5.69 Å². The van der Waals surface area contributed by atoms with Gasteiger partial charge >= 0.3 is 0 Å². The van der Waals surface area contributed by atoms with Crippen molar-refractivity contribution in [2.75, 3.05) is 24.5 Å². The highest BCUT2D eigenvalue weighted by Crippen LogP contribution is 2.29. The van der Waals surface area contributed by atoms with Crippen molar-refractivity contribution in [1.29, 1.82) is 0 Å². The highest BCUT2D eigenvalue weighted by Gasteiger charge is 2.23. The van der Waals surface area contributed by atoms with Gasteiger partial charge in [0.2, 0.25) is 5.95 Å². The van der Waals surface area contributed by atoms with E-state index < -0.39 is 0 Å². The van der Waals surface area contributed by atoms with Crippen LogP contribution in [-0.4, -0.2) is 44.4 Å². The Labute approximate surface area is 128 Å². The smallest absolute Gasteiger partial charge is 0.245 e. The molecule has 1 fully saturated rings. The zero-order valence-corrected chi connectivity index (χ0v) is 13.2. The summed E-state index contributed by atoms with van der Waals surface area (Å²) in [4.78, 5) is 7.83. The van der Waals surface area contributed by atoms with Crippen molar-refractivity contribution < 1.29 is 0 Å². The van der Waals surface area contributed by atoms with Gasteiger partial charge in [0.25, 0.3) is 0 Å². The molecule has 8 heteroatoms. The number of anilines is 1. The Kier molecular flexibility index (Phi) is 4.16. The van der Waals surface area contributed by atoms with E-state index in [1.165, 1.54) is 18.0 Å². The van der Waals surface area contributed by atoms with E-state index in [1.807, 2.05) is 0 Å². The van der Waals surface area contributed by atoms with Gasteiger partial charge in [-0.1, -0.05) is 18.3 Å². The summed E-state index contributed by atoms with van der Waals surface area (Å²) in [6.07, 6.45) is 2.34. The van der Waals surface area contributed by atoms with Gasteiger partial charge in [0, 0.05) is 13.1 Å². The van der Waals surface area contributed by atoms with Crippen molar-refractivity contribution in [2.24, 2.45) is 11.7 Å². The standard InChI is InChI=1S/C13H21N7S/c1-8(2)10-11(21-19-16-10)12-15-13(18-17-12)20-5-3-4-9(6-14)7-20/h8-9H,3-7,14H2,1-2H3,(H,15,17,18). The normalized spacial score (nSPS) is 19.4. The Hall–Kier alpha value is -1.54. The molecule has 3 rings (SSSR count). The summed E-state index contributed by atoms with van der Waals surface area (Å²) in [6, 6.07) is 0. The fraction of sp³-hybridized carbons (Fsp3) is 0.692. The quantitative estimate of drug-likeness (QED) is 0.891. The lowest BCUT2D eigenvalue weighted by atomic mass is 9.99. The monoisotopic (exact) mass is 307 g/mol. The van der Waals surface area contributed by atoms with Crippen LogP contribution in [0.5, 0.6) is 0 Å². The molecule has 2 aromatic heterocycles. The molecule has 3 N–H and O–H groups in total. The lowest BCUT2D eigenvalue weighted by Gasteiger charge is -2.31. The summed E-state index contributed by atoms with van der Waals surface area (Å²) in [5.74, 6) is 2.38. The van der Waals surface area contributed by atoms with Crippen LogP contribution in [-0.2, 0) is 0 Å². The van der Waals surface area contributed by atoms with Crippen LogP contribution >= 0.6 is 11.5 Å². The minimum Gasteiger partial charge on any atom is -0.339 e. The first-order chi connectivity index (χ1) is 10.2. The highest BCUT2D eigenvalue weighted by atomic mass is 32.1. The number of nitrogens with one attached hydrogen (secondary N) is 1. The predicted molar refractivity (Wildman–Crippen MR) is 83.4 cm³/mol.